The van der Waals surface area contributed by atoms with E-state index < -0.39 is 17.7 Å². The first-order chi connectivity index (χ1) is 9.49. The van der Waals surface area contributed by atoms with Crippen molar-refractivity contribution in [1.29, 1.82) is 0 Å². The van der Waals surface area contributed by atoms with Gasteiger partial charge in [0.1, 0.15) is 12.4 Å². The number of aliphatic carboxylic acids is 1. The van der Waals surface area contributed by atoms with Crippen molar-refractivity contribution in [2.75, 3.05) is 6.54 Å². The Morgan fingerprint density at radius 1 is 1.35 bits per heavy atom. The van der Waals surface area contributed by atoms with Crippen LogP contribution < -0.4 is 0 Å². The van der Waals surface area contributed by atoms with Crippen LogP contribution in [0, 0.1) is 12.7 Å². The van der Waals surface area contributed by atoms with Crippen molar-refractivity contribution in [3.63, 3.8) is 0 Å². The molecule has 1 amide bonds. The lowest BCUT2D eigenvalue weighted by Crippen LogP contribution is -2.42. The minimum atomic E-state index is -1.07. The van der Waals surface area contributed by atoms with Crippen LogP contribution in [0.15, 0.2) is 18.2 Å². The Bertz CT molecular complexity index is 524. The van der Waals surface area contributed by atoms with Crippen LogP contribution in [0.25, 0.3) is 0 Å². The number of halogens is 1. The standard InChI is InChI=1S/C15H18FNO3/c1-10-6-7-13(16)12(8-10)15(20)17(9-14(18)19)11-4-2-3-5-11/h6-8,11H,2-5,9H2,1H3,(H,18,19). The van der Waals surface area contributed by atoms with Crippen LogP contribution in [0.1, 0.15) is 41.6 Å². The minimum absolute atomic E-state index is 0.0434. The molecule has 0 spiro atoms. The minimum Gasteiger partial charge on any atom is -0.480 e. The fourth-order valence-electron chi connectivity index (χ4n) is 2.69. The Morgan fingerprint density at radius 2 is 2.00 bits per heavy atom. The molecular weight excluding hydrogens is 261 g/mol. The first-order valence-electron chi connectivity index (χ1n) is 6.78. The Balaban J connectivity index is 2.29. The number of hydrogen-bond acceptors (Lipinski definition) is 2. The van der Waals surface area contributed by atoms with Crippen LogP contribution in [0.3, 0.4) is 0 Å². The number of carboxylic acid groups (broad SMARTS) is 1. The lowest BCUT2D eigenvalue weighted by Gasteiger charge is -2.27. The largest absolute Gasteiger partial charge is 0.480 e. The maximum Gasteiger partial charge on any atom is 0.323 e. The van der Waals surface area contributed by atoms with Gasteiger partial charge in [0.05, 0.1) is 5.56 Å². The van der Waals surface area contributed by atoms with Gasteiger partial charge in [0, 0.05) is 6.04 Å². The van der Waals surface area contributed by atoms with Crippen LogP contribution in [-0.2, 0) is 4.79 Å². The molecule has 0 saturated heterocycles. The summed E-state index contributed by atoms with van der Waals surface area (Å²) in [5.74, 6) is -2.20. The maximum absolute atomic E-state index is 13.8. The second-order valence-electron chi connectivity index (χ2n) is 5.25. The molecule has 4 nitrogen and oxygen atoms in total. The Hall–Kier alpha value is -1.91. The van der Waals surface area contributed by atoms with Crippen LogP contribution in [0.2, 0.25) is 0 Å². The molecule has 0 bridgehead atoms. The SMILES string of the molecule is Cc1ccc(F)c(C(=O)N(CC(=O)O)C2CCCC2)c1. The highest BCUT2D eigenvalue weighted by atomic mass is 19.1. The number of amides is 1. The molecule has 1 N–H and O–H groups in total. The van der Waals surface area contributed by atoms with Crippen molar-refractivity contribution in [3.05, 3.63) is 35.1 Å². The summed E-state index contributed by atoms with van der Waals surface area (Å²) in [4.78, 5) is 24.7. The molecule has 1 fully saturated rings. The summed E-state index contributed by atoms with van der Waals surface area (Å²) in [6.07, 6.45) is 3.52. The van der Waals surface area contributed by atoms with Gasteiger partial charge in [-0.05, 0) is 31.9 Å². The smallest absolute Gasteiger partial charge is 0.323 e. The van der Waals surface area contributed by atoms with Crippen molar-refractivity contribution in [2.45, 2.75) is 38.6 Å². The van der Waals surface area contributed by atoms with Gasteiger partial charge in [0.2, 0.25) is 0 Å². The molecule has 20 heavy (non-hydrogen) atoms. The molecule has 1 aromatic rings. The van der Waals surface area contributed by atoms with Gasteiger partial charge < -0.3 is 10.0 Å². The Kier molecular flexibility index (Phi) is 4.37. The van der Waals surface area contributed by atoms with E-state index in [1.165, 1.54) is 17.0 Å². The summed E-state index contributed by atoms with van der Waals surface area (Å²) in [7, 11) is 0. The summed E-state index contributed by atoms with van der Waals surface area (Å²) >= 11 is 0. The van der Waals surface area contributed by atoms with E-state index in [-0.39, 0.29) is 18.2 Å². The predicted octanol–water partition coefficient (Wildman–Crippen LogP) is 2.60. The number of rotatable bonds is 4. The van der Waals surface area contributed by atoms with Crippen molar-refractivity contribution >= 4 is 11.9 Å². The van der Waals surface area contributed by atoms with E-state index in [9.17, 15) is 14.0 Å². The molecule has 1 aliphatic carbocycles. The van der Waals surface area contributed by atoms with Gasteiger partial charge in [0.15, 0.2) is 0 Å². The van der Waals surface area contributed by atoms with Crippen molar-refractivity contribution < 1.29 is 19.1 Å². The second-order valence-corrected chi connectivity index (χ2v) is 5.25. The highest BCUT2D eigenvalue weighted by molar-refractivity contribution is 5.96. The third-order valence-electron chi connectivity index (χ3n) is 3.68. The van der Waals surface area contributed by atoms with E-state index in [4.69, 9.17) is 5.11 Å². The van der Waals surface area contributed by atoms with E-state index in [0.29, 0.717) is 0 Å². The van der Waals surface area contributed by atoms with Gasteiger partial charge in [-0.25, -0.2) is 4.39 Å². The molecule has 108 valence electrons. The van der Waals surface area contributed by atoms with Crippen molar-refractivity contribution in [1.82, 2.24) is 4.90 Å². The maximum atomic E-state index is 13.8. The molecule has 1 saturated carbocycles. The van der Waals surface area contributed by atoms with Gasteiger partial charge in [-0.2, -0.15) is 0 Å². The van der Waals surface area contributed by atoms with Gasteiger partial charge in [-0.3, -0.25) is 9.59 Å². The summed E-state index contributed by atoms with van der Waals surface area (Å²) < 4.78 is 13.8. The number of carboxylic acids is 1. The number of hydrogen-bond donors (Lipinski definition) is 1. The highest BCUT2D eigenvalue weighted by Crippen LogP contribution is 2.25. The normalized spacial score (nSPS) is 15.3. The van der Waals surface area contributed by atoms with Gasteiger partial charge >= 0.3 is 5.97 Å². The van der Waals surface area contributed by atoms with Crippen molar-refractivity contribution in [3.8, 4) is 0 Å². The van der Waals surface area contributed by atoms with Gasteiger partial charge in [-0.15, -0.1) is 0 Å². The van der Waals surface area contributed by atoms with Crippen LogP contribution in [0.4, 0.5) is 4.39 Å². The molecule has 0 unspecified atom stereocenters. The Morgan fingerprint density at radius 3 is 2.60 bits per heavy atom. The summed E-state index contributed by atoms with van der Waals surface area (Å²) in [5, 5.41) is 8.98. The van der Waals surface area contributed by atoms with E-state index in [1.54, 1.807) is 13.0 Å². The fraction of sp³-hybridized carbons (Fsp3) is 0.467. The molecule has 1 aliphatic rings. The lowest BCUT2D eigenvalue weighted by molar-refractivity contribution is -0.138. The van der Waals surface area contributed by atoms with E-state index >= 15 is 0 Å². The summed E-state index contributed by atoms with van der Waals surface area (Å²) in [5.41, 5.74) is 0.731. The molecule has 5 heteroatoms. The number of carbonyl (C=O) groups is 2. The molecule has 0 aliphatic heterocycles. The van der Waals surface area contributed by atoms with Crippen LogP contribution in [-0.4, -0.2) is 34.5 Å². The van der Waals surface area contributed by atoms with E-state index in [2.05, 4.69) is 0 Å². The first kappa shape index (κ1) is 14.5. The zero-order valence-electron chi connectivity index (χ0n) is 11.4. The van der Waals surface area contributed by atoms with Crippen molar-refractivity contribution in [2.24, 2.45) is 0 Å². The van der Waals surface area contributed by atoms with Crippen LogP contribution >= 0.6 is 0 Å². The second kappa shape index (κ2) is 6.03. The summed E-state index contributed by atoms with van der Waals surface area (Å²) in [6.45, 7) is 1.39. The number of carbonyl (C=O) groups excluding carboxylic acids is 1. The number of aryl methyl sites for hydroxylation is 1. The zero-order valence-corrected chi connectivity index (χ0v) is 11.4. The average molecular weight is 279 g/mol. The molecule has 0 heterocycles. The third kappa shape index (κ3) is 3.15. The monoisotopic (exact) mass is 279 g/mol. The third-order valence-corrected chi connectivity index (χ3v) is 3.68. The van der Waals surface area contributed by atoms with Gasteiger partial charge in [-0.1, -0.05) is 24.5 Å². The highest BCUT2D eigenvalue weighted by Gasteiger charge is 2.30. The molecule has 2 rings (SSSR count). The quantitative estimate of drug-likeness (QED) is 0.921. The molecule has 0 aromatic heterocycles. The average Bonchev–Trinajstić information content (AvgIpc) is 2.91. The van der Waals surface area contributed by atoms with Crippen LogP contribution in [0.5, 0.6) is 0 Å². The van der Waals surface area contributed by atoms with Gasteiger partial charge in [0.25, 0.3) is 5.91 Å². The fourth-order valence-corrected chi connectivity index (χ4v) is 2.69. The summed E-state index contributed by atoms with van der Waals surface area (Å²) in [6, 6.07) is 4.21. The predicted molar refractivity (Wildman–Crippen MR) is 72.1 cm³/mol. The molecule has 1 aromatic carbocycles. The number of nitrogens with zero attached hydrogens (tertiary/aromatic N) is 1. The van der Waals surface area contributed by atoms with E-state index in [1.807, 2.05) is 0 Å². The molecule has 0 radical (unpaired) electrons. The number of benzene rings is 1. The topological polar surface area (TPSA) is 57.6 Å². The molecular formula is C15H18FNO3. The lowest BCUT2D eigenvalue weighted by atomic mass is 10.1. The first-order valence-corrected chi connectivity index (χ1v) is 6.78. The Labute approximate surface area is 117 Å². The zero-order chi connectivity index (χ0) is 14.7. The molecule has 0 atom stereocenters. The van der Waals surface area contributed by atoms with E-state index in [0.717, 1.165) is 31.2 Å².